The molecule has 1 atom stereocenters. The Hall–Kier alpha value is -2.95. The van der Waals surface area contributed by atoms with Crippen molar-refractivity contribution in [3.63, 3.8) is 0 Å². The van der Waals surface area contributed by atoms with Crippen LogP contribution >= 0.6 is 0 Å². The highest BCUT2D eigenvalue weighted by Gasteiger charge is 2.29. The molecule has 2 aromatic carbocycles. The first-order valence-electron chi connectivity index (χ1n) is 8.65. The maximum atomic E-state index is 12.7. The topological polar surface area (TPSA) is 69.7 Å². The van der Waals surface area contributed by atoms with Gasteiger partial charge in [-0.15, -0.1) is 0 Å². The van der Waals surface area contributed by atoms with Gasteiger partial charge in [0.25, 0.3) is 0 Å². The lowest BCUT2D eigenvalue weighted by Crippen LogP contribution is -2.24. The second-order valence-electron chi connectivity index (χ2n) is 5.75. The van der Waals surface area contributed by atoms with Gasteiger partial charge in [-0.3, -0.25) is 4.79 Å². The summed E-state index contributed by atoms with van der Waals surface area (Å²) in [6.07, 6.45) is 0.355. The van der Waals surface area contributed by atoms with Crippen molar-refractivity contribution in [3.05, 3.63) is 71.3 Å². The van der Waals surface area contributed by atoms with E-state index in [-0.39, 0.29) is 6.42 Å². The third-order valence-electron chi connectivity index (χ3n) is 3.80. The van der Waals surface area contributed by atoms with Crippen molar-refractivity contribution in [1.82, 2.24) is 0 Å². The zero-order valence-corrected chi connectivity index (χ0v) is 14.9. The van der Waals surface area contributed by atoms with E-state index in [2.05, 4.69) is 0 Å². The van der Waals surface area contributed by atoms with Crippen LogP contribution in [0, 0.1) is 0 Å². The first-order valence-corrected chi connectivity index (χ1v) is 8.65. The molecule has 1 unspecified atom stereocenters. The molecule has 0 radical (unpaired) electrons. The summed E-state index contributed by atoms with van der Waals surface area (Å²) in [6.45, 7) is 3.60. The van der Waals surface area contributed by atoms with E-state index < -0.39 is 24.0 Å². The molecule has 2 aromatic rings. The van der Waals surface area contributed by atoms with Gasteiger partial charge in [-0.25, -0.2) is 9.59 Å². The van der Waals surface area contributed by atoms with Crippen molar-refractivity contribution in [1.29, 1.82) is 0 Å². The number of hydrogen-bond acceptors (Lipinski definition) is 5. The predicted molar refractivity (Wildman–Crippen MR) is 96.4 cm³/mol. The Morgan fingerprint density at radius 3 is 2.23 bits per heavy atom. The van der Waals surface area contributed by atoms with Gasteiger partial charge < -0.3 is 9.47 Å². The molecule has 0 bridgehead atoms. The number of ether oxygens (including phenoxy) is 2. The summed E-state index contributed by atoms with van der Waals surface area (Å²) in [7, 11) is 0. The maximum absolute atomic E-state index is 12.7. The van der Waals surface area contributed by atoms with Gasteiger partial charge in [-0.05, 0) is 18.1 Å². The lowest BCUT2D eigenvalue weighted by atomic mass is 10.0. The molecule has 5 nitrogen and oxygen atoms in total. The van der Waals surface area contributed by atoms with Crippen molar-refractivity contribution in [2.75, 3.05) is 0 Å². The van der Waals surface area contributed by atoms with Crippen LogP contribution in [0.4, 0.5) is 0 Å². The summed E-state index contributed by atoms with van der Waals surface area (Å²) >= 11 is 0. The van der Waals surface area contributed by atoms with Gasteiger partial charge in [0.2, 0.25) is 6.10 Å². The van der Waals surface area contributed by atoms with Gasteiger partial charge in [0.1, 0.15) is 0 Å². The SMILES string of the molecule is CCCc1ccccc1C(=O)OC(C(=O)OC(=O)CC)c1ccccc1. The van der Waals surface area contributed by atoms with Crippen molar-refractivity contribution < 1.29 is 23.9 Å². The van der Waals surface area contributed by atoms with Crippen molar-refractivity contribution in [2.45, 2.75) is 39.2 Å². The number of carbonyl (C=O) groups is 3. The van der Waals surface area contributed by atoms with Crippen LogP contribution in [0.3, 0.4) is 0 Å². The van der Waals surface area contributed by atoms with Gasteiger partial charge in [0.15, 0.2) is 0 Å². The molecule has 26 heavy (non-hydrogen) atoms. The van der Waals surface area contributed by atoms with E-state index >= 15 is 0 Å². The number of benzene rings is 2. The first kappa shape index (κ1) is 19.4. The molecule has 0 saturated heterocycles. The minimum atomic E-state index is -1.30. The second-order valence-corrected chi connectivity index (χ2v) is 5.75. The van der Waals surface area contributed by atoms with E-state index in [9.17, 15) is 14.4 Å². The molecule has 0 amide bonds. The van der Waals surface area contributed by atoms with Gasteiger partial charge in [-0.1, -0.05) is 68.8 Å². The summed E-state index contributed by atoms with van der Waals surface area (Å²) in [4.78, 5) is 36.5. The van der Waals surface area contributed by atoms with Crippen LogP contribution in [0.25, 0.3) is 0 Å². The molecule has 0 saturated carbocycles. The van der Waals surface area contributed by atoms with Crippen LogP contribution < -0.4 is 0 Å². The molecule has 0 spiro atoms. The molecule has 136 valence electrons. The van der Waals surface area contributed by atoms with E-state index in [4.69, 9.17) is 9.47 Å². The van der Waals surface area contributed by atoms with Crippen LogP contribution in [0.1, 0.15) is 54.3 Å². The summed E-state index contributed by atoms with van der Waals surface area (Å²) < 4.78 is 10.2. The Labute approximate surface area is 152 Å². The van der Waals surface area contributed by atoms with E-state index in [0.717, 1.165) is 18.4 Å². The predicted octanol–water partition coefficient (Wildman–Crippen LogP) is 4.02. The third kappa shape index (κ3) is 5.02. The fourth-order valence-corrected chi connectivity index (χ4v) is 2.50. The van der Waals surface area contributed by atoms with Gasteiger partial charge >= 0.3 is 17.9 Å². The van der Waals surface area contributed by atoms with Gasteiger partial charge in [0, 0.05) is 12.0 Å². The molecule has 0 heterocycles. The largest absolute Gasteiger partial charge is 0.442 e. The normalized spacial score (nSPS) is 11.5. The number of carbonyl (C=O) groups excluding carboxylic acids is 3. The minimum absolute atomic E-state index is 0.0561. The highest BCUT2D eigenvalue weighted by molar-refractivity contribution is 5.94. The minimum Gasteiger partial charge on any atom is -0.442 e. The average molecular weight is 354 g/mol. The lowest BCUT2D eigenvalue weighted by molar-refractivity contribution is -0.166. The molecular formula is C21H22O5. The highest BCUT2D eigenvalue weighted by Crippen LogP contribution is 2.23. The Kier molecular flexibility index (Phi) is 7.09. The molecule has 0 fully saturated rings. The van der Waals surface area contributed by atoms with Crippen molar-refractivity contribution >= 4 is 17.9 Å². The van der Waals surface area contributed by atoms with Crippen LogP contribution in [-0.2, 0) is 25.5 Å². The Bertz CT molecular complexity index is 767. The number of esters is 3. The fourth-order valence-electron chi connectivity index (χ4n) is 2.50. The van der Waals surface area contributed by atoms with Gasteiger partial charge in [-0.2, -0.15) is 0 Å². The summed E-state index contributed by atoms with van der Waals surface area (Å²) in [5, 5.41) is 0. The molecule has 0 aliphatic heterocycles. The molecule has 0 aliphatic carbocycles. The number of rotatable bonds is 7. The Morgan fingerprint density at radius 1 is 0.923 bits per heavy atom. The monoisotopic (exact) mass is 354 g/mol. The number of hydrogen-bond donors (Lipinski definition) is 0. The lowest BCUT2D eigenvalue weighted by Gasteiger charge is -2.17. The highest BCUT2D eigenvalue weighted by atomic mass is 16.6. The Morgan fingerprint density at radius 2 is 1.58 bits per heavy atom. The second kappa shape index (κ2) is 9.51. The Balaban J connectivity index is 2.28. The zero-order chi connectivity index (χ0) is 18.9. The maximum Gasteiger partial charge on any atom is 0.359 e. The molecule has 2 rings (SSSR count). The molecule has 0 N–H and O–H groups in total. The average Bonchev–Trinajstić information content (AvgIpc) is 2.67. The van der Waals surface area contributed by atoms with Crippen LogP contribution in [0.5, 0.6) is 0 Å². The summed E-state index contributed by atoms with van der Waals surface area (Å²) in [5.74, 6) is -2.19. The molecule has 0 aromatic heterocycles. The molecule has 0 aliphatic rings. The fraction of sp³-hybridized carbons (Fsp3) is 0.286. The van der Waals surface area contributed by atoms with Crippen molar-refractivity contribution in [2.24, 2.45) is 0 Å². The first-order chi connectivity index (χ1) is 12.6. The van der Waals surface area contributed by atoms with Gasteiger partial charge in [0.05, 0.1) is 5.56 Å². The summed E-state index contributed by atoms with van der Waals surface area (Å²) in [6, 6.07) is 15.6. The third-order valence-corrected chi connectivity index (χ3v) is 3.80. The van der Waals surface area contributed by atoms with E-state index in [1.165, 1.54) is 0 Å². The summed E-state index contributed by atoms with van der Waals surface area (Å²) in [5.41, 5.74) is 1.71. The van der Waals surface area contributed by atoms with Crippen LogP contribution in [-0.4, -0.2) is 17.9 Å². The van der Waals surface area contributed by atoms with Crippen molar-refractivity contribution in [3.8, 4) is 0 Å². The quantitative estimate of drug-likeness (QED) is 0.555. The van der Waals surface area contributed by atoms with E-state index in [0.29, 0.717) is 11.1 Å². The van der Waals surface area contributed by atoms with E-state index in [1.807, 2.05) is 19.1 Å². The van der Waals surface area contributed by atoms with Crippen LogP contribution in [0.15, 0.2) is 54.6 Å². The smallest absolute Gasteiger partial charge is 0.359 e. The van der Waals surface area contributed by atoms with E-state index in [1.54, 1.807) is 49.4 Å². The standard InChI is InChI=1S/C21H22O5/c1-3-10-15-11-8-9-14-17(15)20(23)26-19(16-12-6-5-7-13-16)21(24)25-18(22)4-2/h5-9,11-14,19H,3-4,10H2,1-2H3. The number of aryl methyl sites for hydroxylation is 1. The molecular weight excluding hydrogens is 332 g/mol. The van der Waals surface area contributed by atoms with Crippen LogP contribution in [0.2, 0.25) is 0 Å². The molecule has 5 heteroatoms. The zero-order valence-electron chi connectivity index (χ0n) is 14.9.